The highest BCUT2D eigenvalue weighted by molar-refractivity contribution is 6.22. The molecule has 100 valence electrons. The van der Waals surface area contributed by atoms with Crippen LogP contribution in [0.2, 0.25) is 0 Å². The van der Waals surface area contributed by atoms with Crippen molar-refractivity contribution in [3.63, 3.8) is 0 Å². The standard InChI is InChI=1S/C15H17NO3/c1-9-6-11-12(7-9)15(19)16(14(11)18)13-5-3-2-4-10(13)8-17/h2-5,9,11-12,17H,6-8H2,1H3. The fourth-order valence-corrected chi connectivity index (χ4v) is 3.38. The SMILES string of the molecule is CC1CC2C(=O)N(c3ccccc3CO)C(=O)C2C1. The highest BCUT2D eigenvalue weighted by Gasteiger charge is 2.52. The molecule has 2 aliphatic rings. The van der Waals surface area contributed by atoms with E-state index in [0.717, 1.165) is 12.8 Å². The predicted octanol–water partition coefficient (Wildman–Crippen LogP) is 1.71. The molecule has 2 amide bonds. The van der Waals surface area contributed by atoms with E-state index in [0.29, 0.717) is 17.2 Å². The molecule has 0 spiro atoms. The minimum absolute atomic E-state index is 0.0970. The molecule has 4 nitrogen and oxygen atoms in total. The van der Waals surface area contributed by atoms with Gasteiger partial charge >= 0.3 is 0 Å². The number of aliphatic hydroxyl groups excluding tert-OH is 1. The second-order valence-corrected chi connectivity index (χ2v) is 5.59. The molecule has 1 heterocycles. The van der Waals surface area contributed by atoms with Crippen LogP contribution < -0.4 is 4.90 Å². The van der Waals surface area contributed by atoms with Crippen molar-refractivity contribution in [2.45, 2.75) is 26.4 Å². The Bertz CT molecular complexity index is 516. The van der Waals surface area contributed by atoms with Gasteiger partial charge in [0, 0.05) is 5.56 Å². The molecule has 1 N–H and O–H groups in total. The van der Waals surface area contributed by atoms with E-state index in [-0.39, 0.29) is 30.3 Å². The number of rotatable bonds is 2. The molecule has 0 aromatic heterocycles. The Morgan fingerprint density at radius 3 is 2.32 bits per heavy atom. The number of carbonyl (C=O) groups excluding carboxylic acids is 2. The summed E-state index contributed by atoms with van der Waals surface area (Å²) >= 11 is 0. The fraction of sp³-hybridized carbons (Fsp3) is 0.467. The van der Waals surface area contributed by atoms with Crippen LogP contribution >= 0.6 is 0 Å². The van der Waals surface area contributed by atoms with Crippen LogP contribution in [0.15, 0.2) is 24.3 Å². The van der Waals surface area contributed by atoms with Crippen LogP contribution in [0.5, 0.6) is 0 Å². The van der Waals surface area contributed by atoms with Gasteiger partial charge in [-0.25, -0.2) is 4.90 Å². The summed E-state index contributed by atoms with van der Waals surface area (Å²) < 4.78 is 0. The van der Waals surface area contributed by atoms with Crippen molar-refractivity contribution in [3.05, 3.63) is 29.8 Å². The van der Waals surface area contributed by atoms with Crippen LogP contribution in [-0.4, -0.2) is 16.9 Å². The van der Waals surface area contributed by atoms with E-state index in [1.807, 2.05) is 0 Å². The highest BCUT2D eigenvalue weighted by Crippen LogP contribution is 2.44. The fourth-order valence-electron chi connectivity index (χ4n) is 3.38. The molecule has 1 aromatic rings. The first-order chi connectivity index (χ1) is 9.13. The van der Waals surface area contributed by atoms with Crippen molar-refractivity contribution in [1.82, 2.24) is 0 Å². The maximum Gasteiger partial charge on any atom is 0.237 e. The molecule has 1 aliphatic heterocycles. The molecule has 0 radical (unpaired) electrons. The molecule has 19 heavy (non-hydrogen) atoms. The van der Waals surface area contributed by atoms with Crippen molar-refractivity contribution < 1.29 is 14.7 Å². The number of hydrogen-bond donors (Lipinski definition) is 1. The lowest BCUT2D eigenvalue weighted by Gasteiger charge is -2.19. The smallest absolute Gasteiger partial charge is 0.237 e. The van der Waals surface area contributed by atoms with Gasteiger partial charge in [0.1, 0.15) is 0 Å². The van der Waals surface area contributed by atoms with Crippen LogP contribution in [0, 0.1) is 17.8 Å². The van der Waals surface area contributed by atoms with Gasteiger partial charge in [-0.3, -0.25) is 9.59 Å². The lowest BCUT2D eigenvalue weighted by atomic mass is 10.00. The number of para-hydroxylation sites is 1. The maximum absolute atomic E-state index is 12.4. The van der Waals surface area contributed by atoms with Crippen molar-refractivity contribution in [1.29, 1.82) is 0 Å². The molecule has 2 unspecified atom stereocenters. The zero-order chi connectivity index (χ0) is 13.6. The Morgan fingerprint density at radius 2 is 1.74 bits per heavy atom. The van der Waals surface area contributed by atoms with Crippen LogP contribution in [0.25, 0.3) is 0 Å². The second-order valence-electron chi connectivity index (χ2n) is 5.59. The van der Waals surface area contributed by atoms with Crippen LogP contribution in [0.3, 0.4) is 0 Å². The Morgan fingerprint density at radius 1 is 1.16 bits per heavy atom. The molecule has 0 bridgehead atoms. The molecule has 1 saturated heterocycles. The summed E-state index contributed by atoms with van der Waals surface area (Å²) in [4.78, 5) is 26.2. The van der Waals surface area contributed by atoms with E-state index >= 15 is 0 Å². The molecular formula is C15H17NO3. The lowest BCUT2D eigenvalue weighted by Crippen LogP contribution is -2.32. The number of aliphatic hydroxyl groups is 1. The third-order valence-electron chi connectivity index (χ3n) is 4.28. The molecule has 1 aromatic carbocycles. The minimum Gasteiger partial charge on any atom is -0.392 e. The van der Waals surface area contributed by atoms with Gasteiger partial charge in [-0.15, -0.1) is 0 Å². The first-order valence-electron chi connectivity index (χ1n) is 6.70. The Balaban J connectivity index is 1.99. The normalized spacial score (nSPS) is 30.0. The Labute approximate surface area is 112 Å². The van der Waals surface area contributed by atoms with Gasteiger partial charge in [0.05, 0.1) is 24.1 Å². The summed E-state index contributed by atoms with van der Waals surface area (Å²) in [7, 11) is 0. The van der Waals surface area contributed by atoms with Crippen LogP contribution in [0.1, 0.15) is 25.3 Å². The van der Waals surface area contributed by atoms with E-state index in [1.165, 1.54) is 4.90 Å². The van der Waals surface area contributed by atoms with E-state index in [1.54, 1.807) is 24.3 Å². The Kier molecular flexibility index (Phi) is 2.90. The van der Waals surface area contributed by atoms with Gasteiger partial charge in [-0.2, -0.15) is 0 Å². The number of carbonyl (C=O) groups is 2. The first kappa shape index (κ1) is 12.4. The number of fused-ring (bicyclic) bond motifs is 1. The summed E-state index contributed by atoms with van der Waals surface area (Å²) in [6.07, 6.45) is 1.60. The first-order valence-corrected chi connectivity index (χ1v) is 6.70. The van der Waals surface area contributed by atoms with Crippen LogP contribution in [0.4, 0.5) is 5.69 Å². The van der Waals surface area contributed by atoms with E-state index in [2.05, 4.69) is 6.92 Å². The van der Waals surface area contributed by atoms with Crippen LogP contribution in [-0.2, 0) is 16.2 Å². The molecule has 3 rings (SSSR count). The molecule has 2 fully saturated rings. The Hall–Kier alpha value is -1.68. The molecule has 1 aliphatic carbocycles. The highest BCUT2D eigenvalue weighted by atomic mass is 16.3. The topological polar surface area (TPSA) is 57.6 Å². The molecule has 2 atom stereocenters. The lowest BCUT2D eigenvalue weighted by molar-refractivity contribution is -0.123. The third kappa shape index (κ3) is 1.78. The minimum atomic E-state index is -0.168. The van der Waals surface area contributed by atoms with Crippen molar-refractivity contribution in [2.24, 2.45) is 17.8 Å². The molecule has 4 heteroatoms. The van der Waals surface area contributed by atoms with E-state index in [9.17, 15) is 14.7 Å². The van der Waals surface area contributed by atoms with Gasteiger partial charge in [0.25, 0.3) is 0 Å². The van der Waals surface area contributed by atoms with Gasteiger partial charge < -0.3 is 5.11 Å². The largest absolute Gasteiger partial charge is 0.392 e. The number of imide groups is 1. The summed E-state index contributed by atoms with van der Waals surface area (Å²) in [5, 5.41) is 9.35. The predicted molar refractivity (Wildman–Crippen MR) is 70.2 cm³/mol. The second kappa shape index (κ2) is 4.46. The van der Waals surface area contributed by atoms with Gasteiger partial charge in [0.2, 0.25) is 11.8 Å². The summed E-state index contributed by atoms with van der Waals surface area (Å²) in [5.74, 6) is -0.0675. The maximum atomic E-state index is 12.4. The van der Waals surface area contributed by atoms with Crippen molar-refractivity contribution in [3.8, 4) is 0 Å². The monoisotopic (exact) mass is 259 g/mol. The average molecular weight is 259 g/mol. The quantitative estimate of drug-likeness (QED) is 0.823. The number of hydrogen-bond acceptors (Lipinski definition) is 3. The van der Waals surface area contributed by atoms with Gasteiger partial charge in [-0.1, -0.05) is 25.1 Å². The third-order valence-corrected chi connectivity index (χ3v) is 4.28. The number of amides is 2. The zero-order valence-electron chi connectivity index (χ0n) is 10.9. The summed E-state index contributed by atoms with van der Waals surface area (Å²) in [6.45, 7) is 1.92. The van der Waals surface area contributed by atoms with Crippen molar-refractivity contribution >= 4 is 17.5 Å². The van der Waals surface area contributed by atoms with E-state index < -0.39 is 0 Å². The van der Waals surface area contributed by atoms with E-state index in [4.69, 9.17) is 0 Å². The number of nitrogens with zero attached hydrogens (tertiary/aromatic N) is 1. The summed E-state index contributed by atoms with van der Waals surface area (Å²) in [5.41, 5.74) is 1.17. The van der Waals surface area contributed by atoms with Crippen molar-refractivity contribution in [2.75, 3.05) is 4.90 Å². The zero-order valence-corrected chi connectivity index (χ0v) is 10.9. The summed E-state index contributed by atoms with van der Waals surface area (Å²) in [6, 6.07) is 7.05. The number of benzene rings is 1. The average Bonchev–Trinajstić information content (AvgIpc) is 2.89. The molecular weight excluding hydrogens is 242 g/mol. The van der Waals surface area contributed by atoms with Gasteiger partial charge in [-0.05, 0) is 24.8 Å². The number of anilines is 1. The molecule has 1 saturated carbocycles. The van der Waals surface area contributed by atoms with Gasteiger partial charge in [0.15, 0.2) is 0 Å².